The van der Waals surface area contributed by atoms with Crippen LogP contribution in [0.1, 0.15) is 53.2 Å². The summed E-state index contributed by atoms with van der Waals surface area (Å²) >= 11 is 0.918. The van der Waals surface area contributed by atoms with Gasteiger partial charge < -0.3 is 20.1 Å². The zero-order chi connectivity index (χ0) is 22.3. The predicted octanol–water partition coefficient (Wildman–Crippen LogP) is 2.20. The minimum Gasteiger partial charge on any atom is -0.462 e. The molecule has 0 bridgehead atoms. The Bertz CT molecular complexity index is 980. The minimum absolute atomic E-state index is 0.0737. The second-order valence-corrected chi connectivity index (χ2v) is 6.94. The van der Waals surface area contributed by atoms with Gasteiger partial charge in [-0.2, -0.15) is 0 Å². The van der Waals surface area contributed by atoms with Gasteiger partial charge >= 0.3 is 11.9 Å². The van der Waals surface area contributed by atoms with Crippen LogP contribution in [0.25, 0.3) is 0 Å². The highest BCUT2D eigenvalue weighted by molar-refractivity contribution is 7.18. The van der Waals surface area contributed by atoms with Crippen molar-refractivity contribution in [1.82, 2.24) is 5.32 Å². The number of esters is 2. The lowest BCUT2D eigenvalue weighted by Gasteiger charge is -2.08. The van der Waals surface area contributed by atoms with E-state index in [1.165, 1.54) is 31.3 Å². The van der Waals surface area contributed by atoms with Crippen LogP contribution in [-0.4, -0.2) is 50.3 Å². The van der Waals surface area contributed by atoms with Crippen LogP contribution in [0.4, 0.5) is 5.00 Å². The molecule has 0 fully saturated rings. The van der Waals surface area contributed by atoms with Crippen molar-refractivity contribution in [2.45, 2.75) is 13.8 Å². The fourth-order valence-electron chi connectivity index (χ4n) is 2.46. The Morgan fingerprint density at radius 3 is 2.30 bits per heavy atom. The molecule has 0 aliphatic carbocycles. The van der Waals surface area contributed by atoms with Crippen LogP contribution in [0.5, 0.6) is 0 Å². The summed E-state index contributed by atoms with van der Waals surface area (Å²) in [5.74, 6) is -2.53. The highest BCUT2D eigenvalue weighted by atomic mass is 32.1. The predicted molar refractivity (Wildman–Crippen MR) is 109 cm³/mol. The van der Waals surface area contributed by atoms with Crippen molar-refractivity contribution in [2.24, 2.45) is 0 Å². The Hall–Kier alpha value is -3.53. The first-order valence-corrected chi connectivity index (χ1v) is 9.68. The molecule has 0 spiro atoms. The van der Waals surface area contributed by atoms with Crippen molar-refractivity contribution in [1.29, 1.82) is 0 Å². The van der Waals surface area contributed by atoms with Gasteiger partial charge in [-0.25, -0.2) is 9.59 Å². The van der Waals surface area contributed by atoms with Gasteiger partial charge in [-0.05, 0) is 31.5 Å². The number of carbonyl (C=O) groups is 5. The maximum absolute atomic E-state index is 12.3. The molecular weight excluding hydrogens is 412 g/mol. The van der Waals surface area contributed by atoms with E-state index in [0.29, 0.717) is 17.4 Å². The van der Waals surface area contributed by atoms with Crippen LogP contribution in [0.3, 0.4) is 0 Å². The van der Waals surface area contributed by atoms with E-state index in [0.717, 1.165) is 11.3 Å². The van der Waals surface area contributed by atoms with Crippen molar-refractivity contribution < 1.29 is 33.4 Å². The van der Waals surface area contributed by atoms with E-state index in [2.05, 4.69) is 10.6 Å². The number of hydrogen-bond acceptors (Lipinski definition) is 8. The normalized spacial score (nSPS) is 10.1. The highest BCUT2D eigenvalue weighted by Crippen LogP contribution is 2.33. The summed E-state index contributed by atoms with van der Waals surface area (Å²) in [7, 11) is 1.45. The van der Waals surface area contributed by atoms with E-state index >= 15 is 0 Å². The van der Waals surface area contributed by atoms with Crippen molar-refractivity contribution in [2.75, 3.05) is 25.6 Å². The molecule has 2 N–H and O–H groups in total. The minimum atomic E-state index is -0.748. The lowest BCUT2D eigenvalue weighted by Crippen LogP contribution is -2.21. The highest BCUT2D eigenvalue weighted by Gasteiger charge is 2.26. The van der Waals surface area contributed by atoms with E-state index < -0.39 is 30.4 Å². The molecule has 0 aliphatic heterocycles. The SMILES string of the molecule is CCOC(=O)c1c(NC(=O)COC(=O)c2ccc(C=O)cc2)sc(C(=O)NC)c1C. The number of aldehydes is 1. The fraction of sp³-hybridized carbons (Fsp3) is 0.250. The topological polar surface area (TPSA) is 128 Å². The number of hydrogen-bond donors (Lipinski definition) is 2. The number of thiophene rings is 1. The smallest absolute Gasteiger partial charge is 0.341 e. The summed E-state index contributed by atoms with van der Waals surface area (Å²) in [6, 6.07) is 5.70. The van der Waals surface area contributed by atoms with Crippen LogP contribution in [0, 0.1) is 6.92 Å². The summed E-state index contributed by atoms with van der Waals surface area (Å²) in [5.41, 5.74) is 1.02. The molecule has 0 saturated heterocycles. The molecule has 10 heteroatoms. The Morgan fingerprint density at radius 1 is 1.07 bits per heavy atom. The second-order valence-electron chi connectivity index (χ2n) is 5.92. The average Bonchev–Trinajstić information content (AvgIpc) is 3.07. The second kappa shape index (κ2) is 10.3. The largest absolute Gasteiger partial charge is 0.462 e. The maximum Gasteiger partial charge on any atom is 0.341 e. The van der Waals surface area contributed by atoms with Crippen LogP contribution >= 0.6 is 11.3 Å². The standard InChI is InChI=1S/C20H20N2O7S/c1-4-28-20(27)15-11(2)16(17(25)21-3)30-18(15)22-14(24)10-29-19(26)13-7-5-12(9-23)6-8-13/h5-9H,4,10H2,1-3H3,(H,21,25)(H,22,24). The van der Waals surface area contributed by atoms with Gasteiger partial charge in [0.15, 0.2) is 6.61 Å². The van der Waals surface area contributed by atoms with Crippen molar-refractivity contribution in [3.63, 3.8) is 0 Å². The van der Waals surface area contributed by atoms with Gasteiger partial charge in [-0.1, -0.05) is 12.1 Å². The summed E-state index contributed by atoms with van der Waals surface area (Å²) in [6.07, 6.45) is 0.639. The van der Waals surface area contributed by atoms with Gasteiger partial charge in [0.05, 0.1) is 22.6 Å². The van der Waals surface area contributed by atoms with Crippen LogP contribution in [0.15, 0.2) is 24.3 Å². The third-order valence-corrected chi connectivity index (χ3v) is 5.14. The first kappa shape index (κ1) is 22.8. The molecule has 1 heterocycles. The zero-order valence-electron chi connectivity index (χ0n) is 16.6. The molecule has 1 aromatic heterocycles. The molecule has 0 aliphatic rings. The molecule has 0 atom stereocenters. The van der Waals surface area contributed by atoms with E-state index in [1.807, 2.05) is 0 Å². The summed E-state index contributed by atoms with van der Waals surface area (Å²) in [5, 5.41) is 5.08. The van der Waals surface area contributed by atoms with Gasteiger partial charge in [0, 0.05) is 12.6 Å². The first-order chi connectivity index (χ1) is 14.3. The lowest BCUT2D eigenvalue weighted by atomic mass is 10.1. The Balaban J connectivity index is 2.12. The molecule has 0 radical (unpaired) electrons. The summed E-state index contributed by atoms with van der Waals surface area (Å²) in [6.45, 7) is 2.73. The van der Waals surface area contributed by atoms with Crippen molar-refractivity contribution in [3.8, 4) is 0 Å². The molecule has 9 nitrogen and oxygen atoms in total. The summed E-state index contributed by atoms with van der Waals surface area (Å²) in [4.78, 5) is 59.5. The van der Waals surface area contributed by atoms with E-state index in [-0.39, 0.29) is 27.6 Å². The molecule has 2 rings (SSSR count). The maximum atomic E-state index is 12.3. The van der Waals surface area contributed by atoms with E-state index in [9.17, 15) is 24.0 Å². The first-order valence-electron chi connectivity index (χ1n) is 8.87. The Kier molecular flexibility index (Phi) is 7.82. The molecule has 0 saturated carbocycles. The number of anilines is 1. The third kappa shape index (κ3) is 5.29. The van der Waals surface area contributed by atoms with Crippen molar-refractivity contribution >= 4 is 46.4 Å². The molecule has 1 aromatic carbocycles. The number of nitrogens with one attached hydrogen (secondary N) is 2. The quantitative estimate of drug-likeness (QED) is 0.483. The Morgan fingerprint density at radius 2 is 1.73 bits per heavy atom. The lowest BCUT2D eigenvalue weighted by molar-refractivity contribution is -0.119. The Labute approximate surface area is 176 Å². The average molecular weight is 432 g/mol. The number of benzene rings is 1. The van der Waals surface area contributed by atoms with Crippen LogP contribution in [-0.2, 0) is 14.3 Å². The van der Waals surface area contributed by atoms with E-state index in [1.54, 1.807) is 13.8 Å². The zero-order valence-corrected chi connectivity index (χ0v) is 17.4. The van der Waals surface area contributed by atoms with Crippen LogP contribution in [0.2, 0.25) is 0 Å². The number of carbonyl (C=O) groups excluding carboxylic acids is 5. The molecule has 2 amide bonds. The van der Waals surface area contributed by atoms with Gasteiger partial charge in [0.25, 0.3) is 11.8 Å². The molecule has 0 unspecified atom stereocenters. The summed E-state index contributed by atoms with van der Waals surface area (Å²) < 4.78 is 9.97. The van der Waals surface area contributed by atoms with E-state index in [4.69, 9.17) is 9.47 Å². The van der Waals surface area contributed by atoms with Crippen molar-refractivity contribution in [3.05, 3.63) is 51.4 Å². The van der Waals surface area contributed by atoms with Gasteiger partial charge in [-0.3, -0.25) is 14.4 Å². The molecule has 158 valence electrons. The molecule has 2 aromatic rings. The van der Waals surface area contributed by atoms with Gasteiger partial charge in [0.2, 0.25) is 0 Å². The van der Waals surface area contributed by atoms with Gasteiger partial charge in [-0.15, -0.1) is 11.3 Å². The third-order valence-electron chi connectivity index (χ3n) is 3.93. The van der Waals surface area contributed by atoms with Crippen LogP contribution < -0.4 is 10.6 Å². The van der Waals surface area contributed by atoms with Gasteiger partial charge in [0.1, 0.15) is 11.3 Å². The monoisotopic (exact) mass is 432 g/mol. The number of rotatable bonds is 8. The molecule has 30 heavy (non-hydrogen) atoms. The molecular formula is C20H20N2O7S. The number of ether oxygens (including phenoxy) is 2. The fourth-order valence-corrected chi connectivity index (χ4v) is 3.61. The number of amides is 2.